The SMILES string of the molecule is CCC(Br)C(=O)N1CCC2(CC1)CC(=O)c1cc(Cl)cc(Cl)c1O2. The molecular weight excluding hydrogens is 417 g/mol. The molecule has 2 heterocycles. The fraction of sp³-hybridized carbons (Fsp3) is 0.529. The Kier molecular flexibility index (Phi) is 5.14. The van der Waals surface area contributed by atoms with Crippen molar-refractivity contribution in [3.8, 4) is 5.75 Å². The van der Waals surface area contributed by atoms with Crippen LogP contribution in [0.25, 0.3) is 0 Å². The number of nitrogens with zero attached hydrogens (tertiary/aromatic N) is 1. The lowest BCUT2D eigenvalue weighted by Crippen LogP contribution is -2.53. The largest absolute Gasteiger partial charge is 0.484 e. The molecule has 3 rings (SSSR count). The Bertz CT molecular complexity index is 687. The fourth-order valence-electron chi connectivity index (χ4n) is 3.30. The number of hydrogen-bond acceptors (Lipinski definition) is 3. The highest BCUT2D eigenvalue weighted by Gasteiger charge is 2.44. The standard InChI is InChI=1S/C17H18BrCl2NO3/c1-2-12(18)16(23)21-5-3-17(4-6-21)9-14(22)11-7-10(19)8-13(20)15(11)24-17/h7-8,12H,2-6,9H2,1H3. The molecule has 1 aromatic carbocycles. The minimum Gasteiger partial charge on any atom is -0.484 e. The molecule has 2 aliphatic heterocycles. The third-order valence-corrected chi connectivity index (χ3v) is 6.26. The summed E-state index contributed by atoms with van der Waals surface area (Å²) in [4.78, 5) is 26.5. The van der Waals surface area contributed by atoms with E-state index in [4.69, 9.17) is 27.9 Å². The number of amides is 1. The molecule has 1 saturated heterocycles. The van der Waals surface area contributed by atoms with Gasteiger partial charge in [0.15, 0.2) is 5.78 Å². The zero-order valence-electron chi connectivity index (χ0n) is 13.3. The summed E-state index contributed by atoms with van der Waals surface area (Å²) in [6.45, 7) is 3.12. The number of piperidine rings is 1. The van der Waals surface area contributed by atoms with E-state index in [1.807, 2.05) is 11.8 Å². The van der Waals surface area contributed by atoms with Gasteiger partial charge in [-0.15, -0.1) is 0 Å². The van der Waals surface area contributed by atoms with E-state index in [1.165, 1.54) is 0 Å². The average Bonchev–Trinajstić information content (AvgIpc) is 2.55. The van der Waals surface area contributed by atoms with E-state index in [-0.39, 0.29) is 16.5 Å². The first-order valence-corrected chi connectivity index (χ1v) is 9.66. The zero-order chi connectivity index (χ0) is 17.5. The van der Waals surface area contributed by atoms with E-state index in [2.05, 4.69) is 15.9 Å². The number of ether oxygens (including phenoxy) is 1. The first-order valence-electron chi connectivity index (χ1n) is 7.99. The Morgan fingerprint density at radius 2 is 2.04 bits per heavy atom. The molecule has 1 spiro atoms. The second-order valence-corrected chi connectivity index (χ2v) is 8.30. The van der Waals surface area contributed by atoms with Gasteiger partial charge >= 0.3 is 0 Å². The maximum absolute atomic E-state index is 12.5. The van der Waals surface area contributed by atoms with Crippen molar-refractivity contribution in [1.82, 2.24) is 4.90 Å². The van der Waals surface area contributed by atoms with Crippen LogP contribution in [0.5, 0.6) is 5.75 Å². The van der Waals surface area contributed by atoms with Crippen molar-refractivity contribution < 1.29 is 14.3 Å². The Balaban J connectivity index is 1.78. The number of carbonyl (C=O) groups is 2. The highest BCUT2D eigenvalue weighted by Crippen LogP contribution is 2.44. The van der Waals surface area contributed by atoms with Crippen LogP contribution >= 0.6 is 39.1 Å². The predicted octanol–water partition coefficient (Wildman–Crippen LogP) is 4.49. The molecule has 0 aliphatic carbocycles. The van der Waals surface area contributed by atoms with Crippen LogP contribution in [0.1, 0.15) is 43.0 Å². The van der Waals surface area contributed by atoms with E-state index < -0.39 is 5.60 Å². The summed E-state index contributed by atoms with van der Waals surface area (Å²) in [5.41, 5.74) is -0.130. The molecule has 2 aliphatic rings. The van der Waals surface area contributed by atoms with Gasteiger partial charge in [0, 0.05) is 31.0 Å². The second kappa shape index (κ2) is 6.85. The van der Waals surface area contributed by atoms with Gasteiger partial charge in [-0.05, 0) is 18.6 Å². The molecule has 0 aromatic heterocycles. The van der Waals surface area contributed by atoms with E-state index in [9.17, 15) is 9.59 Å². The molecule has 0 bridgehead atoms. The molecule has 0 N–H and O–H groups in total. The van der Waals surface area contributed by atoms with Crippen LogP contribution in [0.3, 0.4) is 0 Å². The third kappa shape index (κ3) is 3.31. The Morgan fingerprint density at radius 3 is 2.67 bits per heavy atom. The smallest absolute Gasteiger partial charge is 0.236 e. The van der Waals surface area contributed by atoms with E-state index in [0.29, 0.717) is 53.7 Å². The lowest BCUT2D eigenvalue weighted by Gasteiger charge is -2.44. The Morgan fingerprint density at radius 1 is 1.38 bits per heavy atom. The minimum absolute atomic E-state index is 0.00708. The number of Topliss-reactive ketones (excluding diaryl/α,β-unsaturated/α-hetero) is 1. The molecule has 130 valence electrons. The van der Waals surface area contributed by atoms with Gasteiger partial charge in [-0.25, -0.2) is 0 Å². The summed E-state index contributed by atoms with van der Waals surface area (Å²) < 4.78 is 6.17. The first kappa shape index (κ1) is 18.0. The van der Waals surface area contributed by atoms with Crippen LogP contribution < -0.4 is 4.74 Å². The molecule has 0 saturated carbocycles. The number of rotatable bonds is 2. The zero-order valence-corrected chi connectivity index (χ0v) is 16.4. The van der Waals surface area contributed by atoms with Crippen LogP contribution in [-0.2, 0) is 4.79 Å². The molecule has 1 amide bonds. The monoisotopic (exact) mass is 433 g/mol. The van der Waals surface area contributed by atoms with Crippen molar-refractivity contribution in [2.75, 3.05) is 13.1 Å². The summed E-state index contributed by atoms with van der Waals surface area (Å²) in [7, 11) is 0. The van der Waals surface area contributed by atoms with Crippen molar-refractivity contribution >= 4 is 50.8 Å². The molecule has 0 radical (unpaired) electrons. The topological polar surface area (TPSA) is 46.6 Å². The van der Waals surface area contributed by atoms with Gasteiger partial charge in [0.1, 0.15) is 11.4 Å². The number of halogens is 3. The van der Waals surface area contributed by atoms with Crippen LogP contribution in [0.15, 0.2) is 12.1 Å². The van der Waals surface area contributed by atoms with Crippen molar-refractivity contribution in [3.63, 3.8) is 0 Å². The fourth-order valence-corrected chi connectivity index (χ4v) is 4.12. The van der Waals surface area contributed by atoms with Gasteiger partial charge in [-0.1, -0.05) is 46.1 Å². The van der Waals surface area contributed by atoms with E-state index in [0.717, 1.165) is 6.42 Å². The van der Waals surface area contributed by atoms with Crippen LogP contribution in [0.2, 0.25) is 10.0 Å². The summed E-state index contributed by atoms with van der Waals surface area (Å²) in [5, 5.41) is 0.782. The number of likely N-dealkylation sites (tertiary alicyclic amines) is 1. The Labute approximate surface area is 159 Å². The van der Waals surface area contributed by atoms with Gasteiger partial charge in [-0.2, -0.15) is 0 Å². The van der Waals surface area contributed by atoms with Gasteiger partial charge in [0.2, 0.25) is 5.91 Å². The van der Waals surface area contributed by atoms with E-state index >= 15 is 0 Å². The van der Waals surface area contributed by atoms with Gasteiger partial charge in [0.25, 0.3) is 0 Å². The molecule has 1 unspecified atom stereocenters. The maximum atomic E-state index is 12.5. The van der Waals surface area contributed by atoms with Crippen LogP contribution in [0, 0.1) is 0 Å². The molecule has 1 atom stereocenters. The third-order valence-electron chi connectivity index (χ3n) is 4.72. The molecule has 1 fully saturated rings. The van der Waals surface area contributed by atoms with Crippen molar-refractivity contribution in [2.45, 2.75) is 43.0 Å². The number of benzene rings is 1. The van der Waals surface area contributed by atoms with Crippen LogP contribution in [0.4, 0.5) is 0 Å². The molecule has 7 heteroatoms. The summed E-state index contributed by atoms with van der Waals surface area (Å²) in [5.74, 6) is 0.510. The summed E-state index contributed by atoms with van der Waals surface area (Å²) >= 11 is 15.6. The van der Waals surface area contributed by atoms with Gasteiger partial charge in [-0.3, -0.25) is 9.59 Å². The normalized spacial score (nSPS) is 20.5. The highest BCUT2D eigenvalue weighted by molar-refractivity contribution is 9.10. The lowest BCUT2D eigenvalue weighted by molar-refractivity contribution is -0.134. The molecule has 24 heavy (non-hydrogen) atoms. The molecule has 1 aromatic rings. The predicted molar refractivity (Wildman–Crippen MR) is 97.6 cm³/mol. The molecule has 4 nitrogen and oxygen atoms in total. The number of fused-ring (bicyclic) bond motifs is 1. The number of alkyl halides is 1. The Hall–Kier alpha value is -0.780. The number of ketones is 1. The highest BCUT2D eigenvalue weighted by atomic mass is 79.9. The average molecular weight is 435 g/mol. The maximum Gasteiger partial charge on any atom is 0.236 e. The van der Waals surface area contributed by atoms with Gasteiger partial charge in [0.05, 0.1) is 21.8 Å². The second-order valence-electron chi connectivity index (χ2n) is 6.35. The summed E-state index contributed by atoms with van der Waals surface area (Å²) in [6, 6.07) is 3.19. The first-order chi connectivity index (χ1) is 11.3. The van der Waals surface area contributed by atoms with Crippen LogP contribution in [-0.4, -0.2) is 40.1 Å². The lowest BCUT2D eigenvalue weighted by atomic mass is 9.82. The quantitative estimate of drug-likeness (QED) is 0.644. The minimum atomic E-state index is -0.577. The van der Waals surface area contributed by atoms with Gasteiger partial charge < -0.3 is 9.64 Å². The number of carbonyl (C=O) groups excluding carboxylic acids is 2. The number of hydrogen-bond donors (Lipinski definition) is 0. The van der Waals surface area contributed by atoms with Crippen molar-refractivity contribution in [3.05, 3.63) is 27.7 Å². The van der Waals surface area contributed by atoms with E-state index in [1.54, 1.807) is 12.1 Å². The van der Waals surface area contributed by atoms with Crippen molar-refractivity contribution in [2.24, 2.45) is 0 Å². The molecular formula is C17H18BrCl2NO3. The summed E-state index contributed by atoms with van der Waals surface area (Å²) in [6.07, 6.45) is 2.28. The van der Waals surface area contributed by atoms with Crippen molar-refractivity contribution in [1.29, 1.82) is 0 Å².